The van der Waals surface area contributed by atoms with Gasteiger partial charge in [-0.2, -0.15) is 18.2 Å². The maximum absolute atomic E-state index is 13.0. The number of hydrogen-bond acceptors (Lipinski definition) is 7. The van der Waals surface area contributed by atoms with Crippen molar-refractivity contribution in [1.29, 1.82) is 0 Å². The summed E-state index contributed by atoms with van der Waals surface area (Å²) in [6.45, 7) is -0.450. The molecule has 0 aliphatic heterocycles. The zero-order valence-electron chi connectivity index (χ0n) is 17.4. The summed E-state index contributed by atoms with van der Waals surface area (Å²) >= 11 is 5.57. The number of carbonyl (C=O) groups excluding carboxylic acids is 1. The molecule has 3 aromatic rings. The molecule has 0 spiro atoms. The lowest BCUT2D eigenvalue weighted by molar-refractivity contribution is -0.137. The van der Waals surface area contributed by atoms with Crippen LogP contribution in [0.25, 0.3) is 0 Å². The van der Waals surface area contributed by atoms with Crippen LogP contribution in [0.2, 0.25) is 5.02 Å². The molecule has 3 rings (SSSR count). The molecule has 9 nitrogen and oxygen atoms in total. The molecule has 2 amide bonds. The smallest absolute Gasteiger partial charge is 0.417 e. The standard InChI is InChI=1S/C21H19ClF3N5O4/c22-17-6-3-14(11-16(17)21(23,24)25)28-20(33)27-13-1-4-15(5-2-13)34-18-7-8-26-19(29-18)30(12-32)9-10-31/h1-8,11,31-32H,9-10,12H2,(H2,27,28,33). The molecular weight excluding hydrogens is 479 g/mol. The molecule has 0 aliphatic rings. The quantitative estimate of drug-likeness (QED) is 0.342. The average molecular weight is 498 g/mol. The van der Waals surface area contributed by atoms with Gasteiger partial charge in [-0.3, -0.25) is 0 Å². The van der Waals surface area contributed by atoms with Crippen molar-refractivity contribution >= 4 is 35.0 Å². The molecule has 180 valence electrons. The number of amides is 2. The second-order valence-corrected chi connectivity index (χ2v) is 7.13. The van der Waals surface area contributed by atoms with E-state index in [0.29, 0.717) is 11.4 Å². The molecule has 0 bridgehead atoms. The Balaban J connectivity index is 1.62. The summed E-state index contributed by atoms with van der Waals surface area (Å²) in [5.41, 5.74) is -0.778. The zero-order chi connectivity index (χ0) is 24.7. The van der Waals surface area contributed by atoms with Gasteiger partial charge in [0, 0.05) is 30.2 Å². The maximum Gasteiger partial charge on any atom is 0.417 e. The van der Waals surface area contributed by atoms with Gasteiger partial charge in [0.2, 0.25) is 11.8 Å². The average Bonchev–Trinajstić information content (AvgIpc) is 2.79. The third-order valence-electron chi connectivity index (χ3n) is 4.31. The molecule has 0 saturated carbocycles. The van der Waals surface area contributed by atoms with E-state index in [2.05, 4.69) is 20.6 Å². The van der Waals surface area contributed by atoms with Crippen LogP contribution in [0.3, 0.4) is 0 Å². The third kappa shape index (κ3) is 6.70. The predicted molar refractivity (Wildman–Crippen MR) is 119 cm³/mol. The molecular formula is C21H19ClF3N5O4. The number of carbonyl (C=O) groups is 1. The van der Waals surface area contributed by atoms with E-state index in [1.165, 1.54) is 35.4 Å². The van der Waals surface area contributed by atoms with E-state index in [9.17, 15) is 23.1 Å². The highest BCUT2D eigenvalue weighted by molar-refractivity contribution is 6.31. The van der Waals surface area contributed by atoms with Gasteiger partial charge in [-0.25, -0.2) is 9.78 Å². The number of aliphatic hydroxyl groups excluding tert-OH is 2. The fraction of sp³-hybridized carbons (Fsp3) is 0.190. The first-order valence-electron chi connectivity index (χ1n) is 9.72. The van der Waals surface area contributed by atoms with Crippen molar-refractivity contribution in [1.82, 2.24) is 9.97 Å². The number of aliphatic hydroxyl groups is 2. The first kappa shape index (κ1) is 25.0. The van der Waals surface area contributed by atoms with Crippen LogP contribution in [0.5, 0.6) is 11.6 Å². The molecule has 34 heavy (non-hydrogen) atoms. The molecule has 0 unspecified atom stereocenters. The van der Waals surface area contributed by atoms with Crippen molar-refractivity contribution in [2.24, 2.45) is 0 Å². The molecule has 0 aliphatic carbocycles. The Labute approximate surface area is 196 Å². The first-order chi connectivity index (χ1) is 16.2. The Morgan fingerprint density at radius 3 is 2.38 bits per heavy atom. The maximum atomic E-state index is 13.0. The third-order valence-corrected chi connectivity index (χ3v) is 4.63. The van der Waals surface area contributed by atoms with Gasteiger partial charge < -0.3 is 30.5 Å². The highest BCUT2D eigenvalue weighted by Gasteiger charge is 2.33. The number of ether oxygens (including phenoxy) is 1. The SMILES string of the molecule is O=C(Nc1ccc(Oc2ccnc(N(CO)CCO)n2)cc1)Nc1ccc(Cl)c(C(F)(F)F)c1. The minimum atomic E-state index is -4.65. The van der Waals surface area contributed by atoms with Crippen molar-refractivity contribution < 1.29 is 32.9 Å². The Morgan fingerprint density at radius 2 is 1.74 bits per heavy atom. The Bertz CT molecular complexity index is 1130. The van der Waals surface area contributed by atoms with Gasteiger partial charge in [0.05, 0.1) is 17.2 Å². The number of aromatic nitrogens is 2. The molecule has 4 N–H and O–H groups in total. The number of benzene rings is 2. The van der Waals surface area contributed by atoms with Gasteiger partial charge in [0.15, 0.2) is 0 Å². The van der Waals surface area contributed by atoms with E-state index in [1.54, 1.807) is 12.1 Å². The van der Waals surface area contributed by atoms with E-state index >= 15 is 0 Å². The number of nitrogens with zero attached hydrogens (tertiary/aromatic N) is 3. The van der Waals surface area contributed by atoms with Crippen LogP contribution in [0.4, 0.5) is 35.3 Å². The van der Waals surface area contributed by atoms with Crippen LogP contribution < -0.4 is 20.3 Å². The van der Waals surface area contributed by atoms with Crippen molar-refractivity contribution in [3.63, 3.8) is 0 Å². The summed E-state index contributed by atoms with van der Waals surface area (Å²) in [5, 5.41) is 22.7. The summed E-state index contributed by atoms with van der Waals surface area (Å²) in [6.07, 6.45) is -3.22. The van der Waals surface area contributed by atoms with Crippen LogP contribution in [0, 0.1) is 0 Å². The normalized spacial score (nSPS) is 11.1. The van der Waals surface area contributed by atoms with Crippen molar-refractivity contribution in [2.45, 2.75) is 6.18 Å². The molecule has 0 saturated heterocycles. The highest BCUT2D eigenvalue weighted by atomic mass is 35.5. The fourth-order valence-corrected chi connectivity index (χ4v) is 2.96. The van der Waals surface area contributed by atoms with E-state index in [1.807, 2.05) is 0 Å². The van der Waals surface area contributed by atoms with Gasteiger partial charge in [0.25, 0.3) is 0 Å². The number of urea groups is 1. The summed E-state index contributed by atoms with van der Waals surface area (Å²) in [7, 11) is 0. The second-order valence-electron chi connectivity index (χ2n) is 6.72. The molecule has 0 radical (unpaired) electrons. The molecule has 0 atom stereocenters. The number of alkyl halides is 3. The second kappa shape index (κ2) is 11.0. The predicted octanol–water partition coefficient (Wildman–Crippen LogP) is 4.33. The summed E-state index contributed by atoms with van der Waals surface area (Å²) < 4.78 is 44.5. The van der Waals surface area contributed by atoms with E-state index in [-0.39, 0.29) is 37.4 Å². The van der Waals surface area contributed by atoms with E-state index in [4.69, 9.17) is 21.4 Å². The highest BCUT2D eigenvalue weighted by Crippen LogP contribution is 2.36. The van der Waals surface area contributed by atoms with Gasteiger partial charge in [-0.1, -0.05) is 11.6 Å². The Kier molecular flexibility index (Phi) is 8.10. The van der Waals surface area contributed by atoms with Gasteiger partial charge in [-0.05, 0) is 42.5 Å². The lowest BCUT2D eigenvalue weighted by Crippen LogP contribution is -2.29. The summed E-state index contributed by atoms with van der Waals surface area (Å²) in [5.74, 6) is 0.726. The number of nitrogens with one attached hydrogen (secondary N) is 2. The number of rotatable bonds is 8. The van der Waals surface area contributed by atoms with Crippen LogP contribution >= 0.6 is 11.6 Å². The van der Waals surface area contributed by atoms with E-state index in [0.717, 1.165) is 12.1 Å². The molecule has 1 heterocycles. The minimum absolute atomic E-state index is 0.0770. The van der Waals surface area contributed by atoms with Crippen LogP contribution in [-0.2, 0) is 6.18 Å². The van der Waals surface area contributed by atoms with Gasteiger partial charge in [0.1, 0.15) is 12.5 Å². The lowest BCUT2D eigenvalue weighted by atomic mass is 10.2. The van der Waals surface area contributed by atoms with Gasteiger partial charge >= 0.3 is 12.2 Å². The topological polar surface area (TPSA) is 120 Å². The Morgan fingerprint density at radius 1 is 1.06 bits per heavy atom. The monoisotopic (exact) mass is 497 g/mol. The molecule has 0 fully saturated rings. The van der Waals surface area contributed by atoms with Gasteiger partial charge in [-0.15, -0.1) is 0 Å². The van der Waals surface area contributed by atoms with Crippen molar-refractivity contribution in [3.8, 4) is 11.6 Å². The Hall–Kier alpha value is -3.61. The minimum Gasteiger partial charge on any atom is -0.439 e. The van der Waals surface area contributed by atoms with Crippen molar-refractivity contribution in [2.75, 3.05) is 35.4 Å². The summed E-state index contributed by atoms with van der Waals surface area (Å²) in [4.78, 5) is 21.7. The number of anilines is 3. The zero-order valence-corrected chi connectivity index (χ0v) is 18.1. The van der Waals surface area contributed by atoms with Crippen LogP contribution in [0.1, 0.15) is 5.56 Å². The fourth-order valence-electron chi connectivity index (χ4n) is 2.74. The van der Waals surface area contributed by atoms with Crippen LogP contribution in [-0.4, -0.2) is 46.1 Å². The van der Waals surface area contributed by atoms with E-state index < -0.39 is 22.8 Å². The number of halogens is 4. The molecule has 13 heteroatoms. The molecule has 1 aromatic heterocycles. The number of hydrogen-bond donors (Lipinski definition) is 4. The molecule has 2 aromatic carbocycles. The van der Waals surface area contributed by atoms with Crippen molar-refractivity contribution in [3.05, 3.63) is 65.3 Å². The first-order valence-corrected chi connectivity index (χ1v) is 10.1. The summed E-state index contributed by atoms with van der Waals surface area (Å²) in [6, 6.07) is 9.91. The van der Waals surface area contributed by atoms with Crippen LogP contribution in [0.15, 0.2) is 54.7 Å². The lowest BCUT2D eigenvalue weighted by Gasteiger charge is -2.18. The largest absolute Gasteiger partial charge is 0.439 e.